The number of ether oxygens (including phenoxy) is 1. The van der Waals surface area contributed by atoms with E-state index in [0.29, 0.717) is 5.92 Å². The molecule has 2 aliphatic heterocycles. The van der Waals surface area contributed by atoms with Gasteiger partial charge in [-0.25, -0.2) is 0 Å². The number of nitrogens with one attached hydrogen (secondary N) is 1. The zero-order valence-corrected chi connectivity index (χ0v) is 13.1. The molecule has 3 atom stereocenters. The van der Waals surface area contributed by atoms with Crippen molar-refractivity contribution in [3.05, 3.63) is 5.82 Å². The number of nitrogens with two attached hydrogens (primary N) is 1. The molecule has 0 spiro atoms. The number of hydrogen-bond donors (Lipinski definition) is 2. The molecule has 118 valence electrons. The van der Waals surface area contributed by atoms with Gasteiger partial charge in [-0.2, -0.15) is 4.98 Å². The summed E-state index contributed by atoms with van der Waals surface area (Å²) in [5, 5.41) is 7.59. The van der Waals surface area contributed by atoms with E-state index < -0.39 is 0 Å². The maximum atomic E-state index is 5.93. The molecule has 2 aliphatic rings. The van der Waals surface area contributed by atoms with Crippen LogP contribution in [0.3, 0.4) is 0 Å². The normalized spacial score (nSPS) is 33.6. The largest absolute Gasteiger partial charge is 0.377 e. The number of anilines is 1. The Morgan fingerprint density at radius 3 is 3.14 bits per heavy atom. The fourth-order valence-corrected chi connectivity index (χ4v) is 3.59. The number of aromatic amines is 1. The lowest BCUT2D eigenvalue weighted by atomic mass is 9.82. The van der Waals surface area contributed by atoms with Gasteiger partial charge in [0.2, 0.25) is 5.95 Å². The monoisotopic (exact) mass is 293 g/mol. The molecule has 6 heteroatoms. The van der Waals surface area contributed by atoms with Gasteiger partial charge in [-0.15, -0.1) is 5.10 Å². The zero-order chi connectivity index (χ0) is 14.9. The van der Waals surface area contributed by atoms with E-state index in [-0.39, 0.29) is 11.5 Å². The highest BCUT2D eigenvalue weighted by molar-refractivity contribution is 5.31. The summed E-state index contributed by atoms with van der Waals surface area (Å²) < 4.78 is 5.76. The first-order valence-electron chi connectivity index (χ1n) is 8.14. The summed E-state index contributed by atoms with van der Waals surface area (Å²) in [6, 6.07) is 0. The fourth-order valence-electron chi connectivity index (χ4n) is 3.59. The molecule has 0 saturated carbocycles. The predicted octanol–water partition coefficient (Wildman–Crippen LogP) is 1.65. The van der Waals surface area contributed by atoms with Crippen LogP contribution in [0.2, 0.25) is 0 Å². The van der Waals surface area contributed by atoms with E-state index in [0.717, 1.165) is 57.3 Å². The Morgan fingerprint density at radius 2 is 2.38 bits per heavy atom. The van der Waals surface area contributed by atoms with E-state index in [4.69, 9.17) is 15.5 Å². The summed E-state index contributed by atoms with van der Waals surface area (Å²) in [6.45, 7) is 7.93. The Morgan fingerprint density at radius 1 is 1.52 bits per heavy atom. The van der Waals surface area contributed by atoms with Gasteiger partial charge in [0.15, 0.2) is 0 Å². The van der Waals surface area contributed by atoms with Crippen molar-refractivity contribution in [2.75, 3.05) is 31.1 Å². The molecule has 3 heterocycles. The quantitative estimate of drug-likeness (QED) is 0.882. The Bertz CT molecular complexity index is 476. The summed E-state index contributed by atoms with van der Waals surface area (Å²) in [7, 11) is 0. The van der Waals surface area contributed by atoms with Crippen molar-refractivity contribution in [3.8, 4) is 0 Å². The van der Waals surface area contributed by atoms with Gasteiger partial charge in [0.1, 0.15) is 5.82 Å². The van der Waals surface area contributed by atoms with E-state index >= 15 is 0 Å². The maximum absolute atomic E-state index is 5.93. The number of aromatic nitrogens is 3. The number of rotatable bonds is 4. The van der Waals surface area contributed by atoms with Crippen LogP contribution in [-0.4, -0.2) is 47.5 Å². The van der Waals surface area contributed by atoms with Crippen LogP contribution in [-0.2, 0) is 4.74 Å². The smallest absolute Gasteiger partial charge is 0.244 e. The molecule has 3 rings (SSSR count). The summed E-state index contributed by atoms with van der Waals surface area (Å²) in [5.41, 5.74) is 6.11. The average Bonchev–Trinajstić information content (AvgIpc) is 3.15. The van der Waals surface area contributed by atoms with Gasteiger partial charge < -0.3 is 15.4 Å². The third-order valence-electron chi connectivity index (χ3n) is 5.01. The van der Waals surface area contributed by atoms with Gasteiger partial charge in [-0.3, -0.25) is 5.10 Å². The molecule has 0 radical (unpaired) electrons. The van der Waals surface area contributed by atoms with Crippen molar-refractivity contribution in [3.63, 3.8) is 0 Å². The maximum Gasteiger partial charge on any atom is 0.244 e. The molecule has 6 nitrogen and oxygen atoms in total. The van der Waals surface area contributed by atoms with Crippen LogP contribution in [0.25, 0.3) is 0 Å². The highest BCUT2D eigenvalue weighted by atomic mass is 16.5. The molecule has 21 heavy (non-hydrogen) atoms. The second-order valence-corrected chi connectivity index (χ2v) is 6.77. The van der Waals surface area contributed by atoms with E-state index in [9.17, 15) is 0 Å². The fraction of sp³-hybridized carbons (Fsp3) is 0.867. The van der Waals surface area contributed by atoms with E-state index in [2.05, 4.69) is 28.9 Å². The van der Waals surface area contributed by atoms with Crippen LogP contribution >= 0.6 is 0 Å². The van der Waals surface area contributed by atoms with Crippen LogP contribution in [0, 0.1) is 5.41 Å². The number of H-pyrrole nitrogens is 1. The van der Waals surface area contributed by atoms with Crippen molar-refractivity contribution in [2.45, 2.75) is 51.6 Å². The highest BCUT2D eigenvalue weighted by Crippen LogP contribution is 2.33. The van der Waals surface area contributed by atoms with Crippen LogP contribution in [0.5, 0.6) is 0 Å². The first-order chi connectivity index (χ1) is 10.1. The van der Waals surface area contributed by atoms with Crippen molar-refractivity contribution in [1.82, 2.24) is 15.2 Å². The minimum atomic E-state index is 0.182. The molecular formula is C15H27N5O. The van der Waals surface area contributed by atoms with Crippen LogP contribution in [0.1, 0.15) is 51.3 Å². The molecular weight excluding hydrogens is 266 g/mol. The van der Waals surface area contributed by atoms with Crippen molar-refractivity contribution in [1.29, 1.82) is 0 Å². The molecule has 0 bridgehead atoms. The topological polar surface area (TPSA) is 80.1 Å². The Kier molecular flexibility index (Phi) is 4.17. The number of piperidine rings is 1. The summed E-state index contributed by atoms with van der Waals surface area (Å²) in [5.74, 6) is 2.17. The number of nitrogens with zero attached hydrogens (tertiary/aromatic N) is 3. The average molecular weight is 293 g/mol. The Hall–Kier alpha value is -1.14. The summed E-state index contributed by atoms with van der Waals surface area (Å²) >= 11 is 0. The third kappa shape index (κ3) is 2.92. The summed E-state index contributed by atoms with van der Waals surface area (Å²) in [4.78, 5) is 7.02. The zero-order valence-electron chi connectivity index (χ0n) is 13.1. The van der Waals surface area contributed by atoms with Crippen LogP contribution in [0.15, 0.2) is 0 Å². The van der Waals surface area contributed by atoms with Gasteiger partial charge in [0.05, 0.1) is 6.10 Å². The van der Waals surface area contributed by atoms with Gasteiger partial charge in [0.25, 0.3) is 0 Å². The molecule has 1 aromatic rings. The second kappa shape index (κ2) is 5.93. The lowest BCUT2D eigenvalue weighted by Crippen LogP contribution is -2.46. The SMILES string of the molecule is CCC1OCCC1c1nc(N2CCCC(C)(CN)C2)n[nH]1. The van der Waals surface area contributed by atoms with Crippen LogP contribution < -0.4 is 10.6 Å². The molecule has 3 unspecified atom stereocenters. The van der Waals surface area contributed by atoms with Gasteiger partial charge in [-0.1, -0.05) is 13.8 Å². The molecule has 2 saturated heterocycles. The third-order valence-corrected chi connectivity index (χ3v) is 5.01. The Balaban J connectivity index is 1.73. The molecule has 0 aromatic carbocycles. The molecule has 1 aromatic heterocycles. The predicted molar refractivity (Wildman–Crippen MR) is 82.4 cm³/mol. The molecule has 0 amide bonds. The number of hydrogen-bond acceptors (Lipinski definition) is 5. The Labute approximate surface area is 126 Å². The van der Waals surface area contributed by atoms with Crippen molar-refractivity contribution >= 4 is 5.95 Å². The van der Waals surface area contributed by atoms with Gasteiger partial charge in [0, 0.05) is 25.6 Å². The lowest BCUT2D eigenvalue weighted by Gasteiger charge is -2.39. The van der Waals surface area contributed by atoms with E-state index in [1.54, 1.807) is 0 Å². The second-order valence-electron chi connectivity index (χ2n) is 6.77. The minimum Gasteiger partial charge on any atom is -0.377 e. The minimum absolute atomic E-state index is 0.182. The first-order valence-corrected chi connectivity index (χ1v) is 8.14. The molecule has 0 aliphatic carbocycles. The van der Waals surface area contributed by atoms with Gasteiger partial charge in [-0.05, 0) is 37.6 Å². The van der Waals surface area contributed by atoms with Gasteiger partial charge >= 0.3 is 0 Å². The summed E-state index contributed by atoms with van der Waals surface area (Å²) in [6.07, 6.45) is 4.68. The lowest BCUT2D eigenvalue weighted by molar-refractivity contribution is 0.0994. The first kappa shape index (κ1) is 14.8. The van der Waals surface area contributed by atoms with Crippen LogP contribution in [0.4, 0.5) is 5.95 Å². The van der Waals surface area contributed by atoms with Crippen molar-refractivity contribution < 1.29 is 4.74 Å². The standard InChI is InChI=1S/C15H27N5O/c1-3-12-11(5-8-21-12)13-17-14(19-18-13)20-7-4-6-15(2,9-16)10-20/h11-12H,3-10,16H2,1-2H3,(H,17,18,19). The van der Waals surface area contributed by atoms with E-state index in [1.807, 2.05) is 0 Å². The van der Waals surface area contributed by atoms with E-state index in [1.165, 1.54) is 6.42 Å². The highest BCUT2D eigenvalue weighted by Gasteiger charge is 2.34. The molecule has 3 N–H and O–H groups in total. The van der Waals surface area contributed by atoms with Crippen molar-refractivity contribution in [2.24, 2.45) is 11.1 Å². The molecule has 2 fully saturated rings.